The van der Waals surface area contributed by atoms with Crippen molar-refractivity contribution in [3.05, 3.63) is 68.7 Å². The van der Waals surface area contributed by atoms with Crippen molar-refractivity contribution in [1.82, 2.24) is 4.90 Å². The summed E-state index contributed by atoms with van der Waals surface area (Å²) in [5, 5.41) is 8.04. The molecule has 0 bridgehead atoms. The average molecular weight is 438 g/mol. The lowest BCUT2D eigenvalue weighted by Gasteiger charge is -2.16. The largest absolute Gasteiger partial charge is 0.478 e. The molecule has 28 heavy (non-hydrogen) atoms. The van der Waals surface area contributed by atoms with Gasteiger partial charge in [0.2, 0.25) is 0 Å². The van der Waals surface area contributed by atoms with Gasteiger partial charge < -0.3 is 10.0 Å². The van der Waals surface area contributed by atoms with E-state index in [-0.39, 0.29) is 21.5 Å². The molecule has 150 valence electrons. The molecule has 2 aromatic rings. The molecular formula is C18H13Cl2F4NO3. The van der Waals surface area contributed by atoms with Gasteiger partial charge >= 0.3 is 5.97 Å². The molecule has 1 heterocycles. The van der Waals surface area contributed by atoms with Crippen LogP contribution in [0.3, 0.4) is 0 Å². The van der Waals surface area contributed by atoms with Crippen molar-refractivity contribution in [2.45, 2.75) is 12.8 Å². The highest BCUT2D eigenvalue weighted by Gasteiger charge is 2.23. The Morgan fingerprint density at radius 2 is 1.18 bits per heavy atom. The Kier molecular flexibility index (Phi) is 7.26. The summed E-state index contributed by atoms with van der Waals surface area (Å²) in [5.41, 5.74) is -0.418. The molecule has 1 saturated heterocycles. The van der Waals surface area contributed by atoms with Gasteiger partial charge in [0.05, 0.1) is 21.2 Å². The van der Waals surface area contributed by atoms with Crippen LogP contribution in [0, 0.1) is 23.3 Å². The lowest BCUT2D eigenvalue weighted by atomic mass is 10.2. The summed E-state index contributed by atoms with van der Waals surface area (Å²) >= 11 is 11.0. The molecule has 0 aromatic heterocycles. The number of rotatable bonds is 2. The van der Waals surface area contributed by atoms with Crippen LogP contribution in [0.1, 0.15) is 33.6 Å². The Bertz CT molecular complexity index is 918. The number of hydrogen-bond donors (Lipinski definition) is 1. The van der Waals surface area contributed by atoms with E-state index >= 15 is 0 Å². The first-order valence-electron chi connectivity index (χ1n) is 7.93. The number of nitrogens with zero attached hydrogens (tertiary/aromatic N) is 1. The van der Waals surface area contributed by atoms with Gasteiger partial charge in [-0.05, 0) is 37.1 Å². The molecule has 0 radical (unpaired) electrons. The van der Waals surface area contributed by atoms with Crippen molar-refractivity contribution in [2.75, 3.05) is 13.1 Å². The minimum absolute atomic E-state index is 0.0301. The van der Waals surface area contributed by atoms with Crippen LogP contribution in [-0.4, -0.2) is 35.0 Å². The minimum Gasteiger partial charge on any atom is -0.478 e. The first-order chi connectivity index (χ1) is 13.1. The van der Waals surface area contributed by atoms with Crippen LogP contribution < -0.4 is 0 Å². The number of hydrogen-bond acceptors (Lipinski definition) is 2. The van der Waals surface area contributed by atoms with E-state index in [2.05, 4.69) is 0 Å². The highest BCUT2D eigenvalue weighted by atomic mass is 35.5. The molecule has 0 saturated carbocycles. The van der Waals surface area contributed by atoms with Gasteiger partial charge in [0.15, 0.2) is 23.3 Å². The maximum atomic E-state index is 13.0. The number of carbonyl (C=O) groups excluding carboxylic acids is 1. The Labute approximate surface area is 167 Å². The van der Waals surface area contributed by atoms with Crippen molar-refractivity contribution in [1.29, 1.82) is 0 Å². The van der Waals surface area contributed by atoms with Crippen LogP contribution in [0.25, 0.3) is 0 Å². The molecule has 1 aliphatic rings. The molecular weight excluding hydrogens is 425 g/mol. The highest BCUT2D eigenvalue weighted by molar-refractivity contribution is 6.34. The van der Waals surface area contributed by atoms with Gasteiger partial charge in [-0.1, -0.05) is 23.2 Å². The third kappa shape index (κ3) is 5.14. The summed E-state index contributed by atoms with van der Waals surface area (Å²) in [6.07, 6.45) is 1.88. The molecule has 10 heteroatoms. The zero-order valence-electron chi connectivity index (χ0n) is 14.1. The van der Waals surface area contributed by atoms with E-state index in [9.17, 15) is 27.2 Å². The van der Waals surface area contributed by atoms with Crippen LogP contribution >= 0.6 is 23.2 Å². The number of amides is 1. The number of aromatic carboxylic acids is 1. The molecule has 1 aliphatic heterocycles. The summed E-state index contributed by atoms with van der Waals surface area (Å²) in [5.74, 6) is -6.20. The molecule has 3 rings (SSSR count). The van der Waals surface area contributed by atoms with Gasteiger partial charge in [0.25, 0.3) is 5.91 Å². The summed E-state index contributed by atoms with van der Waals surface area (Å²) in [6.45, 7) is 1.29. The number of likely N-dealkylation sites (tertiary alicyclic amines) is 1. The van der Waals surface area contributed by atoms with Gasteiger partial charge in [-0.15, -0.1) is 0 Å². The van der Waals surface area contributed by atoms with Crippen LogP contribution in [0.15, 0.2) is 24.3 Å². The van der Waals surface area contributed by atoms with E-state index in [1.807, 2.05) is 0 Å². The number of benzene rings is 2. The van der Waals surface area contributed by atoms with Gasteiger partial charge in [0.1, 0.15) is 0 Å². The Hall–Kier alpha value is -2.32. The van der Waals surface area contributed by atoms with E-state index in [0.29, 0.717) is 25.2 Å². The fraction of sp³-hybridized carbons (Fsp3) is 0.222. The predicted octanol–water partition coefficient (Wildman–Crippen LogP) is 5.17. The SMILES string of the molecule is O=C(O)c1cc(F)c(F)cc1Cl.O=C(c1cc(F)c(F)cc1Cl)N1CCCC1. The van der Waals surface area contributed by atoms with Crippen LogP contribution in [0.4, 0.5) is 17.6 Å². The van der Waals surface area contributed by atoms with Crippen molar-refractivity contribution in [2.24, 2.45) is 0 Å². The maximum absolute atomic E-state index is 13.0. The second-order valence-corrected chi connectivity index (χ2v) is 6.61. The first kappa shape index (κ1) is 22.0. The van der Waals surface area contributed by atoms with Crippen molar-refractivity contribution >= 4 is 35.1 Å². The normalized spacial score (nSPS) is 13.1. The standard InChI is InChI=1S/C11H10ClF2NO.C7H3ClF2O2/c12-8-6-10(14)9(13)5-7(8)11(16)15-3-1-2-4-15;8-4-2-6(10)5(9)1-3(4)7(11)12/h5-6H,1-4H2;1-2H,(H,11,12). The van der Waals surface area contributed by atoms with E-state index in [1.54, 1.807) is 4.90 Å². The summed E-state index contributed by atoms with van der Waals surface area (Å²) in [7, 11) is 0. The van der Waals surface area contributed by atoms with Crippen molar-refractivity contribution in [3.8, 4) is 0 Å². The van der Waals surface area contributed by atoms with E-state index in [4.69, 9.17) is 28.3 Å². The molecule has 1 N–H and O–H groups in total. The molecule has 0 aliphatic carbocycles. The van der Waals surface area contributed by atoms with E-state index in [0.717, 1.165) is 25.0 Å². The monoisotopic (exact) mass is 437 g/mol. The Balaban J connectivity index is 0.000000209. The first-order valence-corrected chi connectivity index (χ1v) is 8.69. The molecule has 0 unspecified atom stereocenters. The van der Waals surface area contributed by atoms with E-state index in [1.165, 1.54) is 0 Å². The lowest BCUT2D eigenvalue weighted by Crippen LogP contribution is -2.28. The third-order valence-corrected chi connectivity index (χ3v) is 4.50. The maximum Gasteiger partial charge on any atom is 0.337 e. The summed E-state index contributed by atoms with van der Waals surface area (Å²) < 4.78 is 50.6. The molecule has 0 spiro atoms. The fourth-order valence-corrected chi connectivity index (χ4v) is 2.93. The predicted molar refractivity (Wildman–Crippen MR) is 94.8 cm³/mol. The number of halogens is 6. The minimum atomic E-state index is -1.39. The van der Waals surface area contributed by atoms with Crippen molar-refractivity contribution in [3.63, 3.8) is 0 Å². The number of carboxylic acid groups (broad SMARTS) is 1. The van der Waals surface area contributed by atoms with E-state index < -0.39 is 34.8 Å². The van der Waals surface area contributed by atoms with Gasteiger partial charge in [0, 0.05) is 13.1 Å². The van der Waals surface area contributed by atoms with Crippen molar-refractivity contribution < 1.29 is 32.3 Å². The molecule has 0 atom stereocenters. The second kappa shape index (κ2) is 9.25. The second-order valence-electron chi connectivity index (χ2n) is 5.80. The van der Waals surface area contributed by atoms with Gasteiger partial charge in [-0.25, -0.2) is 22.4 Å². The lowest BCUT2D eigenvalue weighted by molar-refractivity contribution is 0.0695. The topological polar surface area (TPSA) is 57.6 Å². The van der Waals surface area contributed by atoms with Crippen LogP contribution in [-0.2, 0) is 0 Å². The number of carbonyl (C=O) groups is 2. The summed E-state index contributed by atoms with van der Waals surface area (Å²) in [6, 6.07) is 2.86. The highest BCUT2D eigenvalue weighted by Crippen LogP contribution is 2.23. The smallest absolute Gasteiger partial charge is 0.337 e. The zero-order chi connectivity index (χ0) is 21.0. The molecule has 4 nitrogen and oxygen atoms in total. The summed E-state index contributed by atoms with van der Waals surface area (Å²) in [4.78, 5) is 23.8. The molecule has 1 fully saturated rings. The average Bonchev–Trinajstić information content (AvgIpc) is 3.15. The molecule has 1 amide bonds. The Morgan fingerprint density at radius 3 is 1.64 bits per heavy atom. The number of carboxylic acids is 1. The molecule has 2 aromatic carbocycles. The van der Waals surface area contributed by atoms with Crippen LogP contribution in [0.2, 0.25) is 10.0 Å². The third-order valence-electron chi connectivity index (χ3n) is 3.87. The fourth-order valence-electron chi connectivity index (χ4n) is 2.46. The Morgan fingerprint density at radius 1 is 0.786 bits per heavy atom. The van der Waals surface area contributed by atoms with Gasteiger partial charge in [-0.2, -0.15) is 0 Å². The zero-order valence-corrected chi connectivity index (χ0v) is 15.6. The van der Waals surface area contributed by atoms with Crippen LogP contribution in [0.5, 0.6) is 0 Å². The quantitative estimate of drug-likeness (QED) is 0.520. The van der Waals surface area contributed by atoms with Gasteiger partial charge in [-0.3, -0.25) is 4.79 Å².